The molecule has 1 saturated carbocycles. The number of nitrogens with zero attached hydrogens (tertiary/aromatic N) is 2. The van der Waals surface area contributed by atoms with E-state index in [9.17, 15) is 0 Å². The molecule has 0 unspecified atom stereocenters. The van der Waals surface area contributed by atoms with E-state index in [0.29, 0.717) is 0 Å². The summed E-state index contributed by atoms with van der Waals surface area (Å²) in [6, 6.07) is 1.93. The summed E-state index contributed by atoms with van der Waals surface area (Å²) in [5, 5.41) is 4.12. The van der Waals surface area contributed by atoms with Crippen molar-refractivity contribution in [2.45, 2.75) is 31.3 Å². The van der Waals surface area contributed by atoms with Crippen LogP contribution in [-0.4, -0.2) is 15.3 Å². The maximum Gasteiger partial charge on any atom is 0.0589 e. The summed E-state index contributed by atoms with van der Waals surface area (Å²) >= 11 is 0. The van der Waals surface area contributed by atoms with E-state index in [-0.39, 0.29) is 5.54 Å². The Hall–Kier alpha value is -0.830. The van der Waals surface area contributed by atoms with Crippen molar-refractivity contribution >= 4 is 0 Å². The first-order valence-corrected chi connectivity index (χ1v) is 4.05. The van der Waals surface area contributed by atoms with Gasteiger partial charge in [0.1, 0.15) is 0 Å². The number of hydrogen-bond donors (Lipinski definition) is 1. The standard InChI is InChI=1S/C8H13N3/c9-8(3-1-4-8)7-11-6-2-5-10-11/h2,5-6H,1,3-4,7,9H2. The molecule has 3 heteroatoms. The largest absolute Gasteiger partial charge is 0.324 e. The summed E-state index contributed by atoms with van der Waals surface area (Å²) in [6.07, 6.45) is 7.33. The van der Waals surface area contributed by atoms with Crippen molar-refractivity contribution in [2.75, 3.05) is 0 Å². The minimum atomic E-state index is 0.0476. The SMILES string of the molecule is NC1(Cn2cccn2)CCC1. The van der Waals surface area contributed by atoms with Gasteiger partial charge in [-0.1, -0.05) is 0 Å². The molecule has 1 heterocycles. The zero-order chi connectivity index (χ0) is 7.73. The second-order valence-electron chi connectivity index (χ2n) is 3.42. The molecule has 1 aliphatic carbocycles. The van der Waals surface area contributed by atoms with Gasteiger partial charge in [0.05, 0.1) is 6.54 Å². The highest BCUT2D eigenvalue weighted by molar-refractivity contribution is 4.93. The summed E-state index contributed by atoms with van der Waals surface area (Å²) in [5.41, 5.74) is 6.08. The molecule has 0 aromatic carbocycles. The minimum Gasteiger partial charge on any atom is -0.324 e. The fourth-order valence-electron chi connectivity index (χ4n) is 1.51. The first kappa shape index (κ1) is 6.85. The summed E-state index contributed by atoms with van der Waals surface area (Å²) < 4.78 is 1.92. The zero-order valence-electron chi connectivity index (χ0n) is 6.53. The van der Waals surface area contributed by atoms with Crippen molar-refractivity contribution in [3.05, 3.63) is 18.5 Å². The molecule has 0 spiro atoms. The van der Waals surface area contributed by atoms with Gasteiger partial charge < -0.3 is 5.73 Å². The third kappa shape index (κ3) is 1.28. The molecule has 2 N–H and O–H groups in total. The van der Waals surface area contributed by atoms with Crippen molar-refractivity contribution in [1.82, 2.24) is 9.78 Å². The van der Waals surface area contributed by atoms with Crippen molar-refractivity contribution in [2.24, 2.45) is 5.73 Å². The third-order valence-corrected chi connectivity index (χ3v) is 2.39. The van der Waals surface area contributed by atoms with Crippen molar-refractivity contribution in [3.8, 4) is 0 Å². The van der Waals surface area contributed by atoms with Crippen LogP contribution in [0.5, 0.6) is 0 Å². The lowest BCUT2D eigenvalue weighted by Crippen LogP contribution is -2.50. The lowest BCUT2D eigenvalue weighted by molar-refractivity contribution is 0.207. The van der Waals surface area contributed by atoms with Crippen LogP contribution >= 0.6 is 0 Å². The van der Waals surface area contributed by atoms with Crippen LogP contribution in [0.15, 0.2) is 18.5 Å². The van der Waals surface area contributed by atoms with E-state index >= 15 is 0 Å². The Kier molecular flexibility index (Phi) is 1.46. The second kappa shape index (κ2) is 2.34. The third-order valence-electron chi connectivity index (χ3n) is 2.39. The van der Waals surface area contributed by atoms with Crippen LogP contribution in [-0.2, 0) is 6.54 Å². The number of nitrogens with two attached hydrogens (primary N) is 1. The molecule has 1 aromatic heterocycles. The lowest BCUT2D eigenvalue weighted by Gasteiger charge is -2.37. The highest BCUT2D eigenvalue weighted by atomic mass is 15.3. The van der Waals surface area contributed by atoms with Gasteiger partial charge in [0.2, 0.25) is 0 Å². The Morgan fingerprint density at radius 3 is 2.82 bits per heavy atom. The molecule has 1 aliphatic rings. The fraction of sp³-hybridized carbons (Fsp3) is 0.625. The topological polar surface area (TPSA) is 43.8 Å². The van der Waals surface area contributed by atoms with Crippen LogP contribution in [0.4, 0.5) is 0 Å². The van der Waals surface area contributed by atoms with Crippen LogP contribution in [0, 0.1) is 0 Å². The molecule has 0 amide bonds. The van der Waals surface area contributed by atoms with Gasteiger partial charge in [-0.2, -0.15) is 5.10 Å². The highest BCUT2D eigenvalue weighted by Crippen LogP contribution is 2.30. The van der Waals surface area contributed by atoms with E-state index < -0.39 is 0 Å². The van der Waals surface area contributed by atoms with Crippen LogP contribution in [0.2, 0.25) is 0 Å². The molecule has 0 aliphatic heterocycles. The first-order chi connectivity index (χ1) is 5.29. The molecule has 3 nitrogen and oxygen atoms in total. The Balaban J connectivity index is 2.00. The Labute approximate surface area is 66.2 Å². The van der Waals surface area contributed by atoms with E-state index in [4.69, 9.17) is 5.73 Å². The summed E-state index contributed by atoms with van der Waals surface area (Å²) in [4.78, 5) is 0. The van der Waals surface area contributed by atoms with Crippen LogP contribution < -0.4 is 5.73 Å². The van der Waals surface area contributed by atoms with Gasteiger partial charge in [-0.15, -0.1) is 0 Å². The van der Waals surface area contributed by atoms with Gasteiger partial charge in [-0.3, -0.25) is 4.68 Å². The Morgan fingerprint density at radius 1 is 1.55 bits per heavy atom. The second-order valence-corrected chi connectivity index (χ2v) is 3.42. The average molecular weight is 151 g/mol. The van der Waals surface area contributed by atoms with Gasteiger partial charge in [-0.05, 0) is 25.3 Å². The molecule has 0 bridgehead atoms. The smallest absolute Gasteiger partial charge is 0.0589 e. The quantitative estimate of drug-likeness (QED) is 0.678. The fourth-order valence-corrected chi connectivity index (χ4v) is 1.51. The number of rotatable bonds is 2. The zero-order valence-corrected chi connectivity index (χ0v) is 6.53. The Bertz CT molecular complexity index is 223. The van der Waals surface area contributed by atoms with E-state index in [2.05, 4.69) is 5.10 Å². The van der Waals surface area contributed by atoms with Crippen molar-refractivity contribution in [1.29, 1.82) is 0 Å². The van der Waals surface area contributed by atoms with Gasteiger partial charge in [0.15, 0.2) is 0 Å². The normalized spacial score (nSPS) is 21.2. The average Bonchev–Trinajstić information content (AvgIpc) is 2.36. The molecule has 11 heavy (non-hydrogen) atoms. The number of aromatic nitrogens is 2. The minimum absolute atomic E-state index is 0.0476. The molecule has 0 saturated heterocycles. The van der Waals surface area contributed by atoms with E-state index in [1.54, 1.807) is 6.20 Å². The van der Waals surface area contributed by atoms with E-state index in [1.165, 1.54) is 6.42 Å². The molecular weight excluding hydrogens is 138 g/mol. The van der Waals surface area contributed by atoms with Crippen molar-refractivity contribution < 1.29 is 0 Å². The maximum absolute atomic E-state index is 6.03. The maximum atomic E-state index is 6.03. The number of hydrogen-bond acceptors (Lipinski definition) is 2. The monoisotopic (exact) mass is 151 g/mol. The predicted octanol–water partition coefficient (Wildman–Crippen LogP) is 0.764. The van der Waals surface area contributed by atoms with Gasteiger partial charge in [0, 0.05) is 17.9 Å². The molecule has 2 rings (SSSR count). The molecule has 0 radical (unpaired) electrons. The molecule has 1 fully saturated rings. The molecule has 0 atom stereocenters. The van der Waals surface area contributed by atoms with E-state index in [1.807, 2.05) is 16.9 Å². The van der Waals surface area contributed by atoms with Crippen molar-refractivity contribution in [3.63, 3.8) is 0 Å². The van der Waals surface area contributed by atoms with Gasteiger partial charge >= 0.3 is 0 Å². The van der Waals surface area contributed by atoms with Crippen LogP contribution in [0.1, 0.15) is 19.3 Å². The summed E-state index contributed by atoms with van der Waals surface area (Å²) in [7, 11) is 0. The predicted molar refractivity (Wildman–Crippen MR) is 43.0 cm³/mol. The van der Waals surface area contributed by atoms with Gasteiger partial charge in [-0.25, -0.2) is 0 Å². The molecule has 60 valence electrons. The van der Waals surface area contributed by atoms with Crippen LogP contribution in [0.3, 0.4) is 0 Å². The van der Waals surface area contributed by atoms with Gasteiger partial charge in [0.25, 0.3) is 0 Å². The van der Waals surface area contributed by atoms with E-state index in [0.717, 1.165) is 19.4 Å². The highest BCUT2D eigenvalue weighted by Gasteiger charge is 2.32. The summed E-state index contributed by atoms with van der Waals surface area (Å²) in [5.74, 6) is 0. The lowest BCUT2D eigenvalue weighted by atomic mass is 9.78. The van der Waals surface area contributed by atoms with Crippen LogP contribution in [0.25, 0.3) is 0 Å². The molecule has 1 aromatic rings. The summed E-state index contributed by atoms with van der Waals surface area (Å²) in [6.45, 7) is 0.875. The Morgan fingerprint density at radius 2 is 2.36 bits per heavy atom. The first-order valence-electron chi connectivity index (χ1n) is 4.05. The molecular formula is C8H13N3.